The molecule has 0 saturated heterocycles. The minimum absolute atomic E-state index is 0.337. The molecule has 0 unspecified atom stereocenters. The zero-order chi connectivity index (χ0) is 17.9. The highest BCUT2D eigenvalue weighted by Crippen LogP contribution is 2.19. The average Bonchev–Trinajstić information content (AvgIpc) is 2.62. The van der Waals surface area contributed by atoms with E-state index in [2.05, 4.69) is 27.5 Å². The fraction of sp³-hybridized carbons (Fsp3) is 0.368. The summed E-state index contributed by atoms with van der Waals surface area (Å²) in [6.45, 7) is 3.70. The summed E-state index contributed by atoms with van der Waals surface area (Å²) in [6, 6.07) is 9.67. The molecule has 134 valence electrons. The largest absolute Gasteiger partial charge is 0.439 e. The molecule has 0 atom stereocenters. The van der Waals surface area contributed by atoms with Crippen LogP contribution in [0.15, 0.2) is 47.6 Å². The third-order valence-corrected chi connectivity index (χ3v) is 3.57. The van der Waals surface area contributed by atoms with Crippen LogP contribution in [0.1, 0.15) is 31.7 Å². The molecular weight excluding hydrogens is 319 g/mol. The van der Waals surface area contributed by atoms with Gasteiger partial charge < -0.3 is 15.4 Å². The second kappa shape index (κ2) is 10.3. The third kappa shape index (κ3) is 6.79. The van der Waals surface area contributed by atoms with E-state index in [0.717, 1.165) is 24.5 Å². The Bertz CT molecular complexity index is 673. The normalized spacial score (nSPS) is 11.2. The molecule has 0 radical (unpaired) electrons. The maximum absolute atomic E-state index is 13.1. The van der Waals surface area contributed by atoms with Crippen LogP contribution in [-0.2, 0) is 6.54 Å². The standard InChI is InChI=1S/C19H25FN4O/c1-3-4-5-11-22-19(21-2)24-14-15-9-10-18(23-13-15)25-17-8-6-7-16(20)12-17/h6-10,12-13H,3-5,11,14H2,1-2H3,(H2,21,22,24). The molecule has 2 N–H and O–H groups in total. The molecule has 1 aromatic heterocycles. The van der Waals surface area contributed by atoms with Gasteiger partial charge in [0.1, 0.15) is 11.6 Å². The Morgan fingerprint density at radius 1 is 1.20 bits per heavy atom. The fourth-order valence-corrected chi connectivity index (χ4v) is 2.22. The number of hydrogen-bond donors (Lipinski definition) is 2. The second-order valence-electron chi connectivity index (χ2n) is 5.62. The van der Waals surface area contributed by atoms with Crippen molar-refractivity contribution in [3.05, 3.63) is 54.0 Å². The lowest BCUT2D eigenvalue weighted by atomic mass is 10.2. The van der Waals surface area contributed by atoms with Crippen molar-refractivity contribution in [2.24, 2.45) is 4.99 Å². The summed E-state index contributed by atoms with van der Waals surface area (Å²) >= 11 is 0. The van der Waals surface area contributed by atoms with Crippen LogP contribution in [0.4, 0.5) is 4.39 Å². The van der Waals surface area contributed by atoms with E-state index < -0.39 is 0 Å². The summed E-state index contributed by atoms with van der Waals surface area (Å²) in [5.41, 5.74) is 1.00. The van der Waals surface area contributed by atoms with Crippen molar-refractivity contribution in [2.45, 2.75) is 32.7 Å². The summed E-state index contributed by atoms with van der Waals surface area (Å²) in [5.74, 6) is 1.29. The van der Waals surface area contributed by atoms with Gasteiger partial charge in [0.2, 0.25) is 5.88 Å². The van der Waals surface area contributed by atoms with Gasteiger partial charge in [0.15, 0.2) is 5.96 Å². The van der Waals surface area contributed by atoms with Crippen molar-refractivity contribution < 1.29 is 9.13 Å². The van der Waals surface area contributed by atoms with Crippen LogP contribution >= 0.6 is 0 Å². The lowest BCUT2D eigenvalue weighted by molar-refractivity contribution is 0.457. The minimum Gasteiger partial charge on any atom is -0.439 e. The maximum Gasteiger partial charge on any atom is 0.219 e. The Hall–Kier alpha value is -2.63. The number of halogens is 1. The number of unbranched alkanes of at least 4 members (excludes halogenated alkanes) is 2. The summed E-state index contributed by atoms with van der Waals surface area (Å²) in [7, 11) is 1.75. The van der Waals surface area contributed by atoms with E-state index in [1.54, 1.807) is 31.4 Å². The van der Waals surface area contributed by atoms with Crippen LogP contribution in [0.2, 0.25) is 0 Å². The van der Waals surface area contributed by atoms with Crippen LogP contribution in [0.3, 0.4) is 0 Å². The number of hydrogen-bond acceptors (Lipinski definition) is 3. The molecule has 0 aliphatic rings. The molecule has 0 spiro atoms. The molecule has 2 rings (SSSR count). The van der Waals surface area contributed by atoms with Crippen LogP contribution < -0.4 is 15.4 Å². The third-order valence-electron chi connectivity index (χ3n) is 3.57. The maximum atomic E-state index is 13.1. The zero-order valence-corrected chi connectivity index (χ0v) is 14.8. The van der Waals surface area contributed by atoms with E-state index in [-0.39, 0.29) is 5.82 Å². The van der Waals surface area contributed by atoms with Gasteiger partial charge in [-0.15, -0.1) is 0 Å². The van der Waals surface area contributed by atoms with Crippen molar-refractivity contribution in [3.63, 3.8) is 0 Å². The molecule has 6 heteroatoms. The molecule has 2 aromatic rings. The van der Waals surface area contributed by atoms with E-state index in [1.165, 1.54) is 25.0 Å². The van der Waals surface area contributed by atoms with Gasteiger partial charge in [-0.2, -0.15) is 0 Å². The first-order valence-electron chi connectivity index (χ1n) is 8.54. The first-order chi connectivity index (χ1) is 12.2. The van der Waals surface area contributed by atoms with E-state index in [9.17, 15) is 4.39 Å². The SMILES string of the molecule is CCCCCNC(=NC)NCc1ccc(Oc2cccc(F)c2)nc1. The summed E-state index contributed by atoms with van der Waals surface area (Å²) in [6.07, 6.45) is 5.26. The van der Waals surface area contributed by atoms with Crippen molar-refractivity contribution in [1.29, 1.82) is 0 Å². The lowest BCUT2D eigenvalue weighted by Crippen LogP contribution is -2.37. The summed E-state index contributed by atoms with van der Waals surface area (Å²) in [4.78, 5) is 8.45. The summed E-state index contributed by atoms with van der Waals surface area (Å²) < 4.78 is 18.7. The van der Waals surface area contributed by atoms with Crippen molar-refractivity contribution in [2.75, 3.05) is 13.6 Å². The van der Waals surface area contributed by atoms with Gasteiger partial charge in [0.05, 0.1) is 0 Å². The predicted molar refractivity (Wildman–Crippen MR) is 98.4 cm³/mol. The molecule has 1 aromatic carbocycles. The van der Waals surface area contributed by atoms with E-state index >= 15 is 0 Å². The fourth-order valence-electron chi connectivity index (χ4n) is 2.22. The molecule has 25 heavy (non-hydrogen) atoms. The van der Waals surface area contributed by atoms with Gasteiger partial charge in [0.25, 0.3) is 0 Å². The Morgan fingerprint density at radius 3 is 2.76 bits per heavy atom. The molecular formula is C19H25FN4O. The first kappa shape index (κ1) is 18.7. The number of nitrogens with zero attached hydrogens (tertiary/aromatic N) is 2. The highest BCUT2D eigenvalue weighted by molar-refractivity contribution is 5.79. The van der Waals surface area contributed by atoms with Crippen LogP contribution in [0.25, 0.3) is 0 Å². The van der Waals surface area contributed by atoms with Gasteiger partial charge >= 0.3 is 0 Å². The van der Waals surface area contributed by atoms with E-state index in [4.69, 9.17) is 4.74 Å². The average molecular weight is 344 g/mol. The predicted octanol–water partition coefficient (Wildman–Crippen LogP) is 3.87. The van der Waals surface area contributed by atoms with Gasteiger partial charge in [-0.3, -0.25) is 4.99 Å². The quantitative estimate of drug-likeness (QED) is 0.434. The van der Waals surface area contributed by atoms with Crippen LogP contribution in [0.5, 0.6) is 11.6 Å². The molecule has 5 nitrogen and oxygen atoms in total. The Morgan fingerprint density at radius 2 is 2.08 bits per heavy atom. The number of aromatic nitrogens is 1. The van der Waals surface area contributed by atoms with E-state index in [1.807, 2.05) is 6.07 Å². The Balaban J connectivity index is 1.81. The highest BCUT2D eigenvalue weighted by Gasteiger charge is 2.02. The summed E-state index contributed by atoms with van der Waals surface area (Å²) in [5, 5.41) is 6.53. The topological polar surface area (TPSA) is 58.5 Å². The second-order valence-corrected chi connectivity index (χ2v) is 5.62. The first-order valence-corrected chi connectivity index (χ1v) is 8.54. The van der Waals surface area contributed by atoms with Gasteiger partial charge in [-0.05, 0) is 24.1 Å². The van der Waals surface area contributed by atoms with Crippen molar-refractivity contribution in [3.8, 4) is 11.6 Å². The smallest absolute Gasteiger partial charge is 0.219 e. The Kier molecular flexibility index (Phi) is 7.69. The molecule has 0 bridgehead atoms. The number of guanidine groups is 1. The van der Waals surface area contributed by atoms with Gasteiger partial charge in [-0.1, -0.05) is 31.9 Å². The number of ether oxygens (including phenoxy) is 1. The molecule has 0 aliphatic heterocycles. The van der Waals surface area contributed by atoms with Crippen molar-refractivity contribution >= 4 is 5.96 Å². The van der Waals surface area contributed by atoms with Gasteiger partial charge in [0, 0.05) is 38.5 Å². The van der Waals surface area contributed by atoms with Gasteiger partial charge in [-0.25, -0.2) is 9.37 Å². The number of rotatable bonds is 8. The highest BCUT2D eigenvalue weighted by atomic mass is 19.1. The molecule has 0 amide bonds. The number of nitrogens with one attached hydrogen (secondary N) is 2. The Labute approximate surface area is 148 Å². The monoisotopic (exact) mass is 344 g/mol. The number of aliphatic imine (C=N–C) groups is 1. The minimum atomic E-state index is -0.337. The van der Waals surface area contributed by atoms with Crippen molar-refractivity contribution in [1.82, 2.24) is 15.6 Å². The molecule has 0 aliphatic carbocycles. The zero-order valence-electron chi connectivity index (χ0n) is 14.8. The van der Waals surface area contributed by atoms with E-state index in [0.29, 0.717) is 18.2 Å². The lowest BCUT2D eigenvalue weighted by Gasteiger charge is -2.12. The molecule has 0 saturated carbocycles. The number of benzene rings is 1. The van der Waals surface area contributed by atoms with Crippen LogP contribution in [-0.4, -0.2) is 24.5 Å². The molecule has 0 fully saturated rings. The van der Waals surface area contributed by atoms with Crippen LogP contribution in [0, 0.1) is 5.82 Å². The number of pyridine rings is 1. The molecule has 1 heterocycles.